The maximum Gasteiger partial charge on any atom is 0.488 e. The van der Waals surface area contributed by atoms with Crippen LogP contribution in [0.2, 0.25) is 0 Å². The van der Waals surface area contributed by atoms with Gasteiger partial charge in [0.05, 0.1) is 0 Å². The van der Waals surface area contributed by atoms with Crippen LogP contribution >= 0.6 is 0 Å². The molecule has 0 aromatic heterocycles. The smallest absolute Gasteiger partial charge is 0.423 e. The highest BCUT2D eigenvalue weighted by atomic mass is 19.1. The molecule has 1 heterocycles. The third-order valence-electron chi connectivity index (χ3n) is 2.66. The third-order valence-corrected chi connectivity index (χ3v) is 2.66. The van der Waals surface area contributed by atoms with Crippen LogP contribution in [0.25, 0.3) is 0 Å². The van der Waals surface area contributed by atoms with E-state index in [9.17, 15) is 4.39 Å². The van der Waals surface area contributed by atoms with E-state index in [1.54, 1.807) is 18.2 Å². The van der Waals surface area contributed by atoms with Crippen LogP contribution in [0.1, 0.15) is 6.42 Å². The third kappa shape index (κ3) is 2.30. The molecule has 1 aliphatic heterocycles. The predicted octanol–water partition coefficient (Wildman–Crippen LogP) is -0.0854. The molecule has 1 saturated heterocycles. The highest BCUT2D eigenvalue weighted by molar-refractivity contribution is 6.58. The Kier molecular flexibility index (Phi) is 2.93. The molecule has 3 nitrogen and oxygen atoms in total. The monoisotopic (exact) mass is 209 g/mol. The summed E-state index contributed by atoms with van der Waals surface area (Å²) in [6.45, 7) is 1.08. The van der Waals surface area contributed by atoms with E-state index in [1.165, 1.54) is 0 Å². The molecule has 1 fully saturated rings. The molecule has 1 atom stereocenters. The lowest BCUT2D eigenvalue weighted by molar-refractivity contribution is 0.364. The number of hydrogen-bond acceptors (Lipinski definition) is 3. The summed E-state index contributed by atoms with van der Waals surface area (Å²) < 4.78 is 13.0. The summed E-state index contributed by atoms with van der Waals surface area (Å²) in [5.41, 5.74) is 1.29. The van der Waals surface area contributed by atoms with E-state index in [-0.39, 0.29) is 0 Å². The summed E-state index contributed by atoms with van der Waals surface area (Å²) in [5, 5.41) is 18.0. The Balaban J connectivity index is 2.18. The highest BCUT2D eigenvalue weighted by Crippen LogP contribution is 2.20. The lowest BCUT2D eigenvalue weighted by Gasteiger charge is -2.18. The topological polar surface area (TPSA) is 43.7 Å². The van der Waals surface area contributed by atoms with Gasteiger partial charge in [0, 0.05) is 18.8 Å². The van der Waals surface area contributed by atoms with Crippen molar-refractivity contribution in [1.82, 2.24) is 0 Å². The SMILES string of the molecule is OB(O)c1cccc(N2CCC(F)C2)c1. The lowest BCUT2D eigenvalue weighted by atomic mass is 9.80. The second-order valence-electron chi connectivity index (χ2n) is 3.80. The quantitative estimate of drug-likeness (QED) is 0.669. The van der Waals surface area contributed by atoms with Crippen molar-refractivity contribution in [2.24, 2.45) is 0 Å². The van der Waals surface area contributed by atoms with Gasteiger partial charge in [-0.25, -0.2) is 4.39 Å². The van der Waals surface area contributed by atoms with Crippen molar-refractivity contribution in [2.75, 3.05) is 18.0 Å². The number of hydrogen-bond donors (Lipinski definition) is 2. The fraction of sp³-hybridized carbons (Fsp3) is 0.400. The van der Waals surface area contributed by atoms with Crippen molar-refractivity contribution in [3.63, 3.8) is 0 Å². The first-order valence-corrected chi connectivity index (χ1v) is 5.02. The molecule has 1 aromatic carbocycles. The van der Waals surface area contributed by atoms with Crippen molar-refractivity contribution in [3.8, 4) is 0 Å². The van der Waals surface area contributed by atoms with Gasteiger partial charge < -0.3 is 14.9 Å². The van der Waals surface area contributed by atoms with E-state index in [4.69, 9.17) is 10.0 Å². The Morgan fingerprint density at radius 2 is 2.20 bits per heavy atom. The molecule has 0 saturated carbocycles. The van der Waals surface area contributed by atoms with Crippen molar-refractivity contribution in [1.29, 1.82) is 0 Å². The average Bonchev–Trinajstić information content (AvgIpc) is 2.65. The van der Waals surface area contributed by atoms with Crippen LogP contribution in [0.5, 0.6) is 0 Å². The molecule has 80 valence electrons. The van der Waals surface area contributed by atoms with Crippen LogP contribution in [0.4, 0.5) is 10.1 Å². The van der Waals surface area contributed by atoms with Gasteiger partial charge in [0.25, 0.3) is 0 Å². The summed E-state index contributed by atoms with van der Waals surface area (Å²) in [4.78, 5) is 1.91. The molecular weight excluding hydrogens is 196 g/mol. The lowest BCUT2D eigenvalue weighted by Crippen LogP contribution is -2.31. The van der Waals surface area contributed by atoms with Gasteiger partial charge in [-0.1, -0.05) is 12.1 Å². The number of halogens is 1. The molecule has 1 aliphatic rings. The van der Waals surface area contributed by atoms with Crippen molar-refractivity contribution in [3.05, 3.63) is 24.3 Å². The second-order valence-corrected chi connectivity index (χ2v) is 3.80. The number of nitrogens with zero attached hydrogens (tertiary/aromatic N) is 1. The van der Waals surface area contributed by atoms with Gasteiger partial charge >= 0.3 is 7.12 Å². The summed E-state index contributed by atoms with van der Waals surface area (Å²) in [5.74, 6) is 0. The van der Waals surface area contributed by atoms with Crippen molar-refractivity contribution < 1.29 is 14.4 Å². The fourth-order valence-corrected chi connectivity index (χ4v) is 1.83. The minimum atomic E-state index is -1.46. The number of anilines is 1. The average molecular weight is 209 g/mol. The summed E-state index contributed by atoms with van der Waals surface area (Å²) in [6.07, 6.45) is -0.223. The Morgan fingerprint density at radius 3 is 2.80 bits per heavy atom. The summed E-state index contributed by atoms with van der Waals surface area (Å²) in [7, 11) is -1.46. The van der Waals surface area contributed by atoms with E-state index < -0.39 is 13.3 Å². The first-order valence-electron chi connectivity index (χ1n) is 5.02. The van der Waals surface area contributed by atoms with Gasteiger partial charge in [-0.2, -0.15) is 0 Å². The standard InChI is InChI=1S/C10H13BFNO2/c12-9-4-5-13(7-9)10-3-1-2-8(6-10)11(14)15/h1-3,6,9,14-15H,4-5,7H2. The molecule has 0 aliphatic carbocycles. The van der Waals surface area contributed by atoms with Gasteiger partial charge in [0.15, 0.2) is 0 Å². The minimum Gasteiger partial charge on any atom is -0.423 e. The minimum absolute atomic E-state index is 0.394. The second kappa shape index (κ2) is 4.20. The first kappa shape index (κ1) is 10.5. The fourth-order valence-electron chi connectivity index (χ4n) is 1.83. The van der Waals surface area contributed by atoms with Crippen LogP contribution in [0.15, 0.2) is 24.3 Å². The zero-order valence-electron chi connectivity index (χ0n) is 8.31. The molecule has 2 rings (SSSR count). The van der Waals surface area contributed by atoms with E-state index in [1.807, 2.05) is 11.0 Å². The molecule has 0 radical (unpaired) electrons. The Hall–Kier alpha value is -1.07. The largest absolute Gasteiger partial charge is 0.488 e. The van der Waals surface area contributed by atoms with Gasteiger partial charge in [0.2, 0.25) is 0 Å². The Bertz CT molecular complexity index is 348. The Labute approximate surface area is 88.3 Å². The number of alkyl halides is 1. The molecule has 1 aromatic rings. The van der Waals surface area contributed by atoms with Crippen molar-refractivity contribution >= 4 is 18.3 Å². The van der Waals surface area contributed by atoms with E-state index in [0.29, 0.717) is 25.0 Å². The van der Waals surface area contributed by atoms with Gasteiger partial charge in [-0.3, -0.25) is 0 Å². The molecule has 5 heteroatoms. The molecule has 0 spiro atoms. The first-order chi connectivity index (χ1) is 7.16. The summed E-state index contributed by atoms with van der Waals surface area (Å²) >= 11 is 0. The number of benzene rings is 1. The maximum absolute atomic E-state index is 13.0. The van der Waals surface area contributed by atoms with Crippen LogP contribution in [-0.4, -0.2) is 36.4 Å². The van der Waals surface area contributed by atoms with Crippen LogP contribution in [0.3, 0.4) is 0 Å². The van der Waals surface area contributed by atoms with E-state index >= 15 is 0 Å². The molecule has 0 bridgehead atoms. The molecular formula is C10H13BFNO2. The van der Waals surface area contributed by atoms with Crippen molar-refractivity contribution in [2.45, 2.75) is 12.6 Å². The molecule has 2 N–H and O–H groups in total. The predicted molar refractivity (Wildman–Crippen MR) is 58.0 cm³/mol. The van der Waals surface area contributed by atoms with Crippen LogP contribution in [-0.2, 0) is 0 Å². The summed E-state index contributed by atoms with van der Waals surface area (Å²) in [6, 6.07) is 6.92. The van der Waals surface area contributed by atoms with Gasteiger partial charge in [-0.15, -0.1) is 0 Å². The zero-order chi connectivity index (χ0) is 10.8. The van der Waals surface area contributed by atoms with Crippen LogP contribution < -0.4 is 10.4 Å². The maximum atomic E-state index is 13.0. The molecule has 15 heavy (non-hydrogen) atoms. The highest BCUT2D eigenvalue weighted by Gasteiger charge is 2.22. The Morgan fingerprint density at radius 1 is 1.40 bits per heavy atom. The van der Waals surface area contributed by atoms with E-state index in [2.05, 4.69) is 0 Å². The van der Waals surface area contributed by atoms with Crippen LogP contribution in [0, 0.1) is 0 Å². The number of rotatable bonds is 2. The molecule has 0 amide bonds. The van der Waals surface area contributed by atoms with E-state index in [0.717, 1.165) is 5.69 Å². The van der Waals surface area contributed by atoms with Gasteiger partial charge in [0.1, 0.15) is 6.17 Å². The van der Waals surface area contributed by atoms with Gasteiger partial charge in [-0.05, 0) is 24.0 Å². The normalized spacial score (nSPS) is 20.7. The molecule has 1 unspecified atom stereocenters. The zero-order valence-corrected chi connectivity index (χ0v) is 8.31.